The van der Waals surface area contributed by atoms with Gasteiger partial charge in [0.25, 0.3) is 0 Å². The molecular formula is C66H44N2O. The minimum absolute atomic E-state index is 0.888. The van der Waals surface area contributed by atoms with Gasteiger partial charge < -0.3 is 13.9 Å². The van der Waals surface area contributed by atoms with Crippen molar-refractivity contribution in [3.63, 3.8) is 0 Å². The number of hydrogen-bond donors (Lipinski definition) is 0. The van der Waals surface area contributed by atoms with Gasteiger partial charge in [0.1, 0.15) is 11.2 Å². The van der Waals surface area contributed by atoms with Crippen molar-refractivity contribution in [3.8, 4) is 61.3 Å². The SMILES string of the molecule is c1ccc(-c2ccccc2-c2ccc(N(c3ccccc3)c3ccc4c5ccccc5n(-c5ccccc5-c5cccc6c5oc5ccccc56)c4c3)c(-c3ccccc3-c3ccccc3)c2)cc1. The van der Waals surface area contributed by atoms with Crippen LogP contribution in [0.5, 0.6) is 0 Å². The topological polar surface area (TPSA) is 21.3 Å². The van der Waals surface area contributed by atoms with Gasteiger partial charge in [-0.25, -0.2) is 0 Å². The zero-order valence-electron chi connectivity index (χ0n) is 37.7. The molecule has 0 atom stereocenters. The van der Waals surface area contributed by atoms with Crippen LogP contribution >= 0.6 is 0 Å². The lowest BCUT2D eigenvalue weighted by molar-refractivity contribution is 0.670. The largest absolute Gasteiger partial charge is 0.455 e. The van der Waals surface area contributed by atoms with Crippen LogP contribution in [-0.4, -0.2) is 4.57 Å². The maximum absolute atomic E-state index is 6.67. The molecule has 13 aromatic rings. The summed E-state index contributed by atoms with van der Waals surface area (Å²) in [6.07, 6.45) is 0. The van der Waals surface area contributed by atoms with Crippen molar-refractivity contribution in [3.05, 3.63) is 267 Å². The number of benzene rings is 11. The predicted molar refractivity (Wildman–Crippen MR) is 290 cm³/mol. The van der Waals surface area contributed by atoms with Gasteiger partial charge in [0.2, 0.25) is 0 Å². The fourth-order valence-corrected chi connectivity index (χ4v) is 10.5. The highest BCUT2D eigenvalue weighted by Gasteiger charge is 2.24. The summed E-state index contributed by atoms with van der Waals surface area (Å²) in [4.78, 5) is 2.44. The summed E-state index contributed by atoms with van der Waals surface area (Å²) >= 11 is 0. The van der Waals surface area contributed by atoms with Gasteiger partial charge in [0.15, 0.2) is 0 Å². The summed E-state index contributed by atoms with van der Waals surface area (Å²) in [5, 5.41) is 4.61. The molecular weight excluding hydrogens is 837 g/mol. The van der Waals surface area contributed by atoms with E-state index < -0.39 is 0 Å². The zero-order chi connectivity index (χ0) is 45.7. The summed E-state index contributed by atoms with van der Waals surface area (Å²) < 4.78 is 9.12. The Morgan fingerprint density at radius 1 is 0.290 bits per heavy atom. The van der Waals surface area contributed by atoms with Crippen LogP contribution in [-0.2, 0) is 0 Å². The van der Waals surface area contributed by atoms with E-state index in [4.69, 9.17) is 4.42 Å². The van der Waals surface area contributed by atoms with Crippen molar-refractivity contribution < 1.29 is 4.42 Å². The molecule has 13 rings (SSSR count). The molecule has 2 aromatic heterocycles. The van der Waals surface area contributed by atoms with Crippen molar-refractivity contribution in [1.29, 1.82) is 0 Å². The van der Waals surface area contributed by atoms with Crippen LogP contribution in [0.3, 0.4) is 0 Å². The summed E-state index contributed by atoms with van der Waals surface area (Å²) in [5.41, 5.74) is 19.8. The highest BCUT2D eigenvalue weighted by Crippen LogP contribution is 2.48. The van der Waals surface area contributed by atoms with Crippen LogP contribution in [0.25, 0.3) is 105 Å². The van der Waals surface area contributed by atoms with Crippen LogP contribution in [0.15, 0.2) is 271 Å². The third-order valence-electron chi connectivity index (χ3n) is 13.6. The molecule has 0 bridgehead atoms. The van der Waals surface area contributed by atoms with Crippen molar-refractivity contribution in [1.82, 2.24) is 4.57 Å². The van der Waals surface area contributed by atoms with Crippen LogP contribution < -0.4 is 4.90 Å². The quantitative estimate of drug-likeness (QED) is 0.144. The van der Waals surface area contributed by atoms with E-state index >= 15 is 0 Å². The van der Waals surface area contributed by atoms with Gasteiger partial charge in [-0.05, 0) is 93.5 Å². The molecule has 0 saturated carbocycles. The second-order valence-electron chi connectivity index (χ2n) is 17.6. The molecule has 3 nitrogen and oxygen atoms in total. The summed E-state index contributed by atoms with van der Waals surface area (Å²) in [6, 6.07) is 96.2. The van der Waals surface area contributed by atoms with Crippen LogP contribution in [0.2, 0.25) is 0 Å². The van der Waals surface area contributed by atoms with Gasteiger partial charge in [-0.15, -0.1) is 0 Å². The predicted octanol–water partition coefficient (Wildman–Crippen LogP) is 18.5. The summed E-state index contributed by atoms with van der Waals surface area (Å²) in [7, 11) is 0. The maximum atomic E-state index is 6.67. The van der Waals surface area contributed by atoms with Crippen LogP contribution in [0.4, 0.5) is 17.1 Å². The Kier molecular flexibility index (Phi) is 9.84. The number of para-hydroxylation sites is 5. The Morgan fingerprint density at radius 2 is 0.826 bits per heavy atom. The monoisotopic (exact) mass is 880 g/mol. The number of anilines is 3. The number of furan rings is 1. The number of nitrogens with zero attached hydrogens (tertiary/aromatic N) is 2. The van der Waals surface area contributed by atoms with Crippen molar-refractivity contribution in [2.24, 2.45) is 0 Å². The fraction of sp³-hybridized carbons (Fsp3) is 0. The molecule has 324 valence electrons. The van der Waals surface area contributed by atoms with Crippen molar-refractivity contribution in [2.75, 3.05) is 4.90 Å². The smallest absolute Gasteiger partial charge is 0.143 e. The number of hydrogen-bond acceptors (Lipinski definition) is 2. The molecule has 0 N–H and O–H groups in total. The van der Waals surface area contributed by atoms with E-state index in [0.717, 1.165) is 83.5 Å². The third kappa shape index (κ3) is 6.91. The van der Waals surface area contributed by atoms with Crippen LogP contribution in [0, 0.1) is 0 Å². The van der Waals surface area contributed by atoms with Gasteiger partial charge in [0, 0.05) is 49.6 Å². The number of rotatable bonds is 9. The van der Waals surface area contributed by atoms with E-state index in [-0.39, 0.29) is 0 Å². The van der Waals surface area contributed by atoms with Gasteiger partial charge in [-0.2, -0.15) is 0 Å². The third-order valence-corrected chi connectivity index (χ3v) is 13.6. The van der Waals surface area contributed by atoms with E-state index in [1.54, 1.807) is 0 Å². The molecule has 0 unspecified atom stereocenters. The first-order valence-electron chi connectivity index (χ1n) is 23.6. The van der Waals surface area contributed by atoms with Crippen molar-refractivity contribution >= 4 is 60.8 Å². The lowest BCUT2D eigenvalue weighted by Crippen LogP contribution is -2.11. The number of fused-ring (bicyclic) bond motifs is 6. The molecule has 0 aliphatic carbocycles. The normalized spacial score (nSPS) is 11.5. The standard InChI is InChI=1S/C66H44N2O/c1-4-21-45(22-5-1)50-27-10-11-29-52(50)47-39-42-63(60(43-47)53-30-13-12-28-51(53)46-23-6-2-7-24-46)67(48-25-8-3-9-26-48)49-40-41-56-54-31-14-17-36-61(54)68(64(56)44-49)62-37-18-15-32-55(62)58-34-20-35-59-57-33-16-19-38-65(57)69-66(58)59/h1-44H. The van der Waals surface area contributed by atoms with E-state index in [0.29, 0.717) is 0 Å². The van der Waals surface area contributed by atoms with E-state index in [9.17, 15) is 0 Å². The second-order valence-corrected chi connectivity index (χ2v) is 17.6. The molecule has 0 radical (unpaired) electrons. The summed E-state index contributed by atoms with van der Waals surface area (Å²) in [5.74, 6) is 0. The minimum Gasteiger partial charge on any atom is -0.455 e. The Morgan fingerprint density at radius 3 is 1.57 bits per heavy atom. The highest BCUT2D eigenvalue weighted by atomic mass is 16.3. The fourth-order valence-electron chi connectivity index (χ4n) is 10.5. The molecule has 0 spiro atoms. The molecule has 0 aliphatic rings. The molecule has 3 heteroatoms. The first kappa shape index (κ1) is 40.1. The zero-order valence-corrected chi connectivity index (χ0v) is 37.7. The maximum Gasteiger partial charge on any atom is 0.143 e. The molecule has 0 aliphatic heterocycles. The molecule has 69 heavy (non-hydrogen) atoms. The highest BCUT2D eigenvalue weighted by molar-refractivity contribution is 6.13. The Balaban J connectivity index is 1.06. The van der Waals surface area contributed by atoms with E-state index in [1.165, 1.54) is 38.6 Å². The second kappa shape index (κ2) is 16.9. The average molecular weight is 881 g/mol. The van der Waals surface area contributed by atoms with Gasteiger partial charge in [0.05, 0.1) is 22.4 Å². The van der Waals surface area contributed by atoms with Crippen LogP contribution in [0.1, 0.15) is 0 Å². The minimum atomic E-state index is 0.888. The van der Waals surface area contributed by atoms with E-state index in [1.807, 2.05) is 6.07 Å². The Hall–Kier alpha value is -9.18. The molecule has 0 saturated heterocycles. The van der Waals surface area contributed by atoms with Gasteiger partial charge >= 0.3 is 0 Å². The average Bonchev–Trinajstić information content (AvgIpc) is 3.98. The Labute approximate surface area is 401 Å². The first-order valence-corrected chi connectivity index (χ1v) is 23.6. The van der Waals surface area contributed by atoms with Gasteiger partial charge in [-0.1, -0.05) is 212 Å². The number of aromatic nitrogens is 1. The Bertz CT molecular complexity index is 4020. The lowest BCUT2D eigenvalue weighted by atomic mass is 9.89. The lowest BCUT2D eigenvalue weighted by Gasteiger charge is -2.29. The van der Waals surface area contributed by atoms with E-state index in [2.05, 4.69) is 270 Å². The van der Waals surface area contributed by atoms with Crippen molar-refractivity contribution in [2.45, 2.75) is 0 Å². The first-order chi connectivity index (χ1) is 34.3. The molecule has 2 heterocycles. The molecule has 0 fully saturated rings. The summed E-state index contributed by atoms with van der Waals surface area (Å²) in [6.45, 7) is 0. The molecule has 11 aromatic carbocycles. The van der Waals surface area contributed by atoms with Gasteiger partial charge in [-0.3, -0.25) is 0 Å². The molecule has 0 amide bonds.